The van der Waals surface area contributed by atoms with Crippen molar-refractivity contribution in [1.82, 2.24) is 0 Å². The van der Waals surface area contributed by atoms with Gasteiger partial charge in [-0.2, -0.15) is 0 Å². The van der Waals surface area contributed by atoms with Gasteiger partial charge >= 0.3 is 5.97 Å². The van der Waals surface area contributed by atoms with Crippen LogP contribution < -0.4 is 0 Å². The van der Waals surface area contributed by atoms with E-state index in [0.29, 0.717) is 12.0 Å². The minimum atomic E-state index is -1.57. The van der Waals surface area contributed by atoms with E-state index >= 15 is 0 Å². The SMILES string of the molecule is COC(=O)C1=CO[C@@H](O[C@H]2O[C@H](CO)[C@@H](O)[C@H](O)[C@H]2O)[C@H]2[C@@H]1C[C@@H]1OC[C@H]2O1. The van der Waals surface area contributed by atoms with E-state index in [2.05, 4.69) is 0 Å². The summed E-state index contributed by atoms with van der Waals surface area (Å²) in [5.41, 5.74) is 0.338. The first-order chi connectivity index (χ1) is 13.4. The number of rotatable bonds is 4. The Morgan fingerprint density at radius 1 is 1.18 bits per heavy atom. The molecule has 0 saturated carbocycles. The molecule has 28 heavy (non-hydrogen) atoms. The van der Waals surface area contributed by atoms with E-state index < -0.39 is 67.9 Å². The van der Waals surface area contributed by atoms with Crippen molar-refractivity contribution in [2.45, 2.75) is 55.8 Å². The summed E-state index contributed by atoms with van der Waals surface area (Å²) >= 11 is 0. The summed E-state index contributed by atoms with van der Waals surface area (Å²) in [4.78, 5) is 12.1. The monoisotopic (exact) mass is 404 g/mol. The third kappa shape index (κ3) is 3.31. The van der Waals surface area contributed by atoms with E-state index in [1.54, 1.807) is 0 Å². The van der Waals surface area contributed by atoms with E-state index in [0.717, 1.165) is 0 Å². The number of fused-ring (bicyclic) bond motifs is 4. The number of hydrogen-bond donors (Lipinski definition) is 4. The Morgan fingerprint density at radius 2 is 1.96 bits per heavy atom. The lowest BCUT2D eigenvalue weighted by atomic mass is 9.77. The predicted molar refractivity (Wildman–Crippen MR) is 86.0 cm³/mol. The van der Waals surface area contributed by atoms with Crippen LogP contribution >= 0.6 is 0 Å². The summed E-state index contributed by atoms with van der Waals surface area (Å²) in [6.07, 6.45) is -7.27. The van der Waals surface area contributed by atoms with Crippen LogP contribution in [0.25, 0.3) is 0 Å². The average molecular weight is 404 g/mol. The molecule has 2 bridgehead atoms. The summed E-state index contributed by atoms with van der Waals surface area (Å²) in [6, 6.07) is 0. The Morgan fingerprint density at radius 3 is 2.68 bits per heavy atom. The minimum Gasteiger partial charge on any atom is -0.471 e. The van der Waals surface area contributed by atoms with Crippen molar-refractivity contribution < 1.29 is 53.6 Å². The van der Waals surface area contributed by atoms with Crippen molar-refractivity contribution in [1.29, 1.82) is 0 Å². The first-order valence-electron chi connectivity index (χ1n) is 9.11. The molecule has 3 saturated heterocycles. The molecule has 3 fully saturated rings. The predicted octanol–water partition coefficient (Wildman–Crippen LogP) is -2.41. The van der Waals surface area contributed by atoms with Gasteiger partial charge in [0.2, 0.25) is 6.29 Å². The maximum absolute atomic E-state index is 12.1. The highest BCUT2D eigenvalue weighted by atomic mass is 16.8. The summed E-state index contributed by atoms with van der Waals surface area (Å²) < 4.78 is 32.9. The Labute approximate surface area is 160 Å². The smallest absolute Gasteiger partial charge is 0.337 e. The van der Waals surface area contributed by atoms with Gasteiger partial charge in [0, 0.05) is 12.3 Å². The maximum atomic E-state index is 12.1. The minimum absolute atomic E-state index is 0.290. The lowest BCUT2D eigenvalue weighted by molar-refractivity contribution is -0.347. The number of carbonyl (C=O) groups excluding carboxylic acids is 1. The Bertz CT molecular complexity index is 622. The number of aliphatic hydroxyl groups excluding tert-OH is 4. The normalized spacial score (nSPS) is 47.7. The number of esters is 1. The Kier molecular flexibility index (Phi) is 5.60. The number of aliphatic hydroxyl groups is 4. The van der Waals surface area contributed by atoms with Crippen LogP contribution in [0.4, 0.5) is 0 Å². The van der Waals surface area contributed by atoms with Crippen LogP contribution in [-0.2, 0) is 33.2 Å². The van der Waals surface area contributed by atoms with Gasteiger partial charge in [-0.1, -0.05) is 0 Å². The van der Waals surface area contributed by atoms with Crippen LogP contribution in [0, 0.1) is 11.8 Å². The molecule has 0 unspecified atom stereocenters. The highest BCUT2D eigenvalue weighted by Gasteiger charge is 2.54. The van der Waals surface area contributed by atoms with Crippen molar-refractivity contribution in [3.05, 3.63) is 11.8 Å². The summed E-state index contributed by atoms with van der Waals surface area (Å²) in [6.45, 7) is -0.284. The first-order valence-corrected chi connectivity index (χ1v) is 9.11. The van der Waals surface area contributed by atoms with Crippen LogP contribution in [0.3, 0.4) is 0 Å². The fourth-order valence-electron chi connectivity index (χ4n) is 4.19. The first kappa shape index (κ1) is 20.0. The van der Waals surface area contributed by atoms with E-state index in [9.17, 15) is 25.2 Å². The van der Waals surface area contributed by atoms with Crippen LogP contribution in [0.5, 0.6) is 0 Å². The van der Waals surface area contributed by atoms with Crippen LogP contribution in [0.1, 0.15) is 6.42 Å². The summed E-state index contributed by atoms with van der Waals surface area (Å²) in [5, 5.41) is 39.4. The largest absolute Gasteiger partial charge is 0.471 e. The van der Waals surface area contributed by atoms with Crippen LogP contribution in [0.2, 0.25) is 0 Å². The van der Waals surface area contributed by atoms with Gasteiger partial charge in [0.25, 0.3) is 0 Å². The van der Waals surface area contributed by atoms with Gasteiger partial charge in [-0.3, -0.25) is 0 Å². The van der Waals surface area contributed by atoms with Gasteiger partial charge in [-0.15, -0.1) is 0 Å². The molecule has 4 heterocycles. The molecule has 0 amide bonds. The molecule has 4 N–H and O–H groups in total. The molecule has 10 atom stereocenters. The molecule has 158 valence electrons. The Balaban J connectivity index is 1.55. The fraction of sp³-hybridized carbons (Fsp3) is 0.824. The van der Waals surface area contributed by atoms with Gasteiger partial charge in [-0.25, -0.2) is 4.79 Å². The molecule has 4 aliphatic rings. The van der Waals surface area contributed by atoms with Gasteiger partial charge in [0.1, 0.15) is 24.4 Å². The second-order valence-electron chi connectivity index (χ2n) is 7.26. The molecule has 0 spiro atoms. The van der Waals surface area contributed by atoms with Gasteiger partial charge < -0.3 is 48.8 Å². The second-order valence-corrected chi connectivity index (χ2v) is 7.26. The topological polar surface area (TPSA) is 153 Å². The molecule has 11 nitrogen and oxygen atoms in total. The quantitative estimate of drug-likeness (QED) is 0.371. The number of methoxy groups -OCH3 is 1. The van der Waals surface area contributed by atoms with Crippen molar-refractivity contribution in [2.24, 2.45) is 11.8 Å². The van der Waals surface area contributed by atoms with Crippen molar-refractivity contribution in [3.8, 4) is 0 Å². The third-order valence-corrected chi connectivity index (χ3v) is 5.69. The molecule has 0 aromatic heterocycles. The summed E-state index contributed by atoms with van der Waals surface area (Å²) in [5.74, 6) is -1.30. The van der Waals surface area contributed by atoms with E-state index in [4.69, 9.17) is 28.4 Å². The van der Waals surface area contributed by atoms with E-state index in [1.807, 2.05) is 0 Å². The van der Waals surface area contributed by atoms with E-state index in [1.165, 1.54) is 13.4 Å². The number of ether oxygens (including phenoxy) is 6. The zero-order chi connectivity index (χ0) is 20.0. The number of carbonyl (C=O) groups is 1. The second kappa shape index (κ2) is 7.84. The fourth-order valence-corrected chi connectivity index (χ4v) is 4.19. The van der Waals surface area contributed by atoms with Crippen molar-refractivity contribution in [2.75, 3.05) is 20.3 Å². The van der Waals surface area contributed by atoms with Gasteiger partial charge in [0.15, 0.2) is 12.6 Å². The van der Waals surface area contributed by atoms with Crippen molar-refractivity contribution in [3.63, 3.8) is 0 Å². The van der Waals surface area contributed by atoms with E-state index in [-0.39, 0.29) is 12.5 Å². The number of hydrogen-bond acceptors (Lipinski definition) is 11. The van der Waals surface area contributed by atoms with Crippen LogP contribution in [0.15, 0.2) is 11.8 Å². The molecule has 4 aliphatic heterocycles. The molecule has 0 radical (unpaired) electrons. The maximum Gasteiger partial charge on any atom is 0.337 e. The highest BCUT2D eigenvalue weighted by molar-refractivity contribution is 5.88. The molecule has 0 aromatic rings. The molecule has 0 aliphatic carbocycles. The lowest BCUT2D eigenvalue weighted by Gasteiger charge is -2.45. The molecule has 0 aromatic carbocycles. The zero-order valence-electron chi connectivity index (χ0n) is 15.1. The lowest BCUT2D eigenvalue weighted by Crippen LogP contribution is -2.61. The average Bonchev–Trinajstić information content (AvgIpc) is 3.08. The molecule has 4 rings (SSSR count). The van der Waals surface area contributed by atoms with Crippen molar-refractivity contribution >= 4 is 5.97 Å². The van der Waals surface area contributed by atoms with Gasteiger partial charge in [-0.05, 0) is 0 Å². The molecular weight excluding hydrogens is 380 g/mol. The third-order valence-electron chi connectivity index (χ3n) is 5.69. The molecule has 11 heteroatoms. The standard InChI is InChI=1S/C17H24O11/c1-23-15(22)7-4-25-16(11-6(7)2-10-24-5-9(11)26-10)28-17-14(21)13(20)12(19)8(3-18)27-17/h4,6,8-14,16-21H,2-3,5H2,1H3/t6-,8-,9-,10-,11+,12-,13+,14-,16+,17-/m1/s1. The molecular formula is C17H24O11. The van der Waals surface area contributed by atoms with Gasteiger partial charge in [0.05, 0.1) is 44.2 Å². The Hall–Kier alpha value is -1.31. The summed E-state index contributed by atoms with van der Waals surface area (Å²) in [7, 11) is 1.28. The zero-order valence-corrected chi connectivity index (χ0v) is 15.1. The highest BCUT2D eigenvalue weighted by Crippen LogP contribution is 2.46. The van der Waals surface area contributed by atoms with Crippen LogP contribution in [-0.4, -0.2) is 96.1 Å².